The van der Waals surface area contributed by atoms with Crippen molar-refractivity contribution < 1.29 is 23.9 Å². The molecule has 1 N–H and O–H groups in total. The van der Waals surface area contributed by atoms with Gasteiger partial charge in [0.2, 0.25) is 5.91 Å². The van der Waals surface area contributed by atoms with Crippen LogP contribution in [0.4, 0.5) is 5.69 Å². The summed E-state index contributed by atoms with van der Waals surface area (Å²) in [5, 5.41) is 2.79. The minimum atomic E-state index is -0.951. The minimum absolute atomic E-state index is 0.322. The molecule has 0 saturated heterocycles. The van der Waals surface area contributed by atoms with E-state index < -0.39 is 29.6 Å². The molecule has 1 spiro atoms. The van der Waals surface area contributed by atoms with E-state index in [1.54, 1.807) is 49.4 Å². The standard InChI is InChI=1S/C23H22N2O5/c1-14(25-21(27)16-7-3-4-8-17(16)22(25)28)20(26)24-15-9-10-18-19(13-15)30-23(29-18)11-5-2-6-12-23/h3-4,7-10,13-14H,2,5-6,11-12H2,1H3,(H,24,26). The number of imide groups is 1. The predicted molar refractivity (Wildman–Crippen MR) is 109 cm³/mol. The summed E-state index contributed by atoms with van der Waals surface area (Å²) in [4.78, 5) is 39.0. The Morgan fingerprint density at radius 2 is 1.60 bits per heavy atom. The maximum Gasteiger partial charge on any atom is 0.262 e. The number of rotatable bonds is 3. The van der Waals surface area contributed by atoms with Crippen molar-refractivity contribution in [3.05, 3.63) is 53.6 Å². The highest BCUT2D eigenvalue weighted by molar-refractivity contribution is 6.23. The molecule has 3 amide bonds. The number of anilines is 1. The molecule has 0 aromatic heterocycles. The second-order valence-corrected chi connectivity index (χ2v) is 8.03. The summed E-state index contributed by atoms with van der Waals surface area (Å²) in [6.45, 7) is 1.54. The Labute approximate surface area is 174 Å². The molecule has 0 radical (unpaired) electrons. The van der Waals surface area contributed by atoms with E-state index in [1.165, 1.54) is 6.42 Å². The summed E-state index contributed by atoms with van der Waals surface area (Å²) in [6.07, 6.45) is 5.01. The van der Waals surface area contributed by atoms with Gasteiger partial charge in [-0.2, -0.15) is 0 Å². The van der Waals surface area contributed by atoms with E-state index in [0.717, 1.165) is 30.6 Å². The lowest BCUT2D eigenvalue weighted by atomic mass is 9.94. The molecule has 7 nitrogen and oxygen atoms in total. The summed E-state index contributed by atoms with van der Waals surface area (Å²) in [5.41, 5.74) is 1.17. The van der Waals surface area contributed by atoms with Crippen LogP contribution in [-0.2, 0) is 4.79 Å². The SMILES string of the molecule is CC(C(=O)Nc1ccc2c(c1)OC1(CCCCC1)O2)N1C(=O)c2ccccc2C1=O. The van der Waals surface area contributed by atoms with Crippen LogP contribution in [0.5, 0.6) is 11.5 Å². The molecule has 30 heavy (non-hydrogen) atoms. The summed E-state index contributed by atoms with van der Waals surface area (Å²) in [6, 6.07) is 10.9. The normalized spacial score (nSPS) is 19.7. The van der Waals surface area contributed by atoms with Crippen molar-refractivity contribution in [3.8, 4) is 11.5 Å². The quantitative estimate of drug-likeness (QED) is 0.785. The third-order valence-electron chi connectivity index (χ3n) is 6.01. The monoisotopic (exact) mass is 406 g/mol. The fraction of sp³-hybridized carbons (Fsp3) is 0.348. The Kier molecular flexibility index (Phi) is 4.27. The lowest BCUT2D eigenvalue weighted by molar-refractivity contribution is -0.119. The second-order valence-electron chi connectivity index (χ2n) is 8.03. The Bertz CT molecular complexity index is 1020. The number of amides is 3. The van der Waals surface area contributed by atoms with Crippen molar-refractivity contribution in [1.82, 2.24) is 4.90 Å². The van der Waals surface area contributed by atoms with Gasteiger partial charge in [0.25, 0.3) is 17.6 Å². The molecule has 1 saturated carbocycles. The molecule has 2 aliphatic heterocycles. The van der Waals surface area contributed by atoms with Crippen LogP contribution in [0.25, 0.3) is 0 Å². The topological polar surface area (TPSA) is 84.9 Å². The zero-order chi connectivity index (χ0) is 20.9. The number of nitrogens with one attached hydrogen (secondary N) is 1. The van der Waals surface area contributed by atoms with Crippen LogP contribution >= 0.6 is 0 Å². The predicted octanol–water partition coefficient (Wildman–Crippen LogP) is 3.74. The van der Waals surface area contributed by atoms with Crippen molar-refractivity contribution in [3.63, 3.8) is 0 Å². The number of fused-ring (bicyclic) bond motifs is 2. The molecule has 154 valence electrons. The van der Waals surface area contributed by atoms with Crippen LogP contribution in [0.3, 0.4) is 0 Å². The van der Waals surface area contributed by atoms with E-state index in [-0.39, 0.29) is 0 Å². The number of carbonyl (C=O) groups excluding carboxylic acids is 3. The maximum absolute atomic E-state index is 12.8. The molecule has 7 heteroatoms. The van der Waals surface area contributed by atoms with E-state index in [9.17, 15) is 14.4 Å². The van der Waals surface area contributed by atoms with E-state index in [1.807, 2.05) is 0 Å². The lowest BCUT2D eigenvalue weighted by Gasteiger charge is -2.31. The third-order valence-corrected chi connectivity index (χ3v) is 6.01. The van der Waals surface area contributed by atoms with Gasteiger partial charge in [0.05, 0.1) is 11.1 Å². The van der Waals surface area contributed by atoms with E-state index in [4.69, 9.17) is 9.47 Å². The molecular weight excluding hydrogens is 384 g/mol. The molecule has 1 fully saturated rings. The lowest BCUT2D eigenvalue weighted by Crippen LogP contribution is -2.45. The van der Waals surface area contributed by atoms with Gasteiger partial charge in [-0.25, -0.2) is 0 Å². The smallest absolute Gasteiger partial charge is 0.262 e. The highest BCUT2D eigenvalue weighted by atomic mass is 16.7. The van der Waals surface area contributed by atoms with E-state index >= 15 is 0 Å². The Morgan fingerprint density at radius 1 is 0.967 bits per heavy atom. The van der Waals surface area contributed by atoms with Gasteiger partial charge in [-0.3, -0.25) is 19.3 Å². The third kappa shape index (κ3) is 2.93. The zero-order valence-electron chi connectivity index (χ0n) is 16.6. The van der Waals surface area contributed by atoms with E-state index in [2.05, 4.69) is 5.32 Å². The molecule has 1 atom stereocenters. The number of ether oxygens (including phenoxy) is 2. The molecule has 2 heterocycles. The summed E-state index contributed by atoms with van der Waals surface area (Å²) in [7, 11) is 0. The molecule has 3 aliphatic rings. The largest absolute Gasteiger partial charge is 0.448 e. The second kappa shape index (κ2) is 6.86. The number of hydrogen-bond acceptors (Lipinski definition) is 5. The molecule has 1 unspecified atom stereocenters. The zero-order valence-corrected chi connectivity index (χ0v) is 16.6. The molecule has 0 bridgehead atoms. The van der Waals surface area contributed by atoms with Gasteiger partial charge in [-0.1, -0.05) is 18.6 Å². The van der Waals surface area contributed by atoms with Crippen LogP contribution in [-0.4, -0.2) is 34.5 Å². The van der Waals surface area contributed by atoms with Crippen molar-refractivity contribution in [2.45, 2.75) is 50.9 Å². The first kappa shape index (κ1) is 18.7. The maximum atomic E-state index is 12.8. The average molecular weight is 406 g/mol. The molecule has 5 rings (SSSR count). The molecule has 1 aliphatic carbocycles. The number of carbonyl (C=O) groups is 3. The van der Waals surface area contributed by atoms with Crippen LogP contribution in [0.15, 0.2) is 42.5 Å². The number of nitrogens with zero attached hydrogens (tertiary/aromatic N) is 1. The number of hydrogen-bond donors (Lipinski definition) is 1. The summed E-state index contributed by atoms with van der Waals surface area (Å²) < 4.78 is 12.2. The highest BCUT2D eigenvalue weighted by Gasteiger charge is 2.43. The average Bonchev–Trinajstić information content (AvgIpc) is 3.22. The van der Waals surface area contributed by atoms with Gasteiger partial charge in [0.15, 0.2) is 11.5 Å². The van der Waals surface area contributed by atoms with Gasteiger partial charge in [-0.15, -0.1) is 0 Å². The fourth-order valence-electron chi connectivity index (χ4n) is 4.39. The first-order chi connectivity index (χ1) is 14.5. The van der Waals surface area contributed by atoms with Crippen molar-refractivity contribution in [2.75, 3.05) is 5.32 Å². The summed E-state index contributed by atoms with van der Waals surface area (Å²) >= 11 is 0. The minimum Gasteiger partial charge on any atom is -0.448 e. The number of benzene rings is 2. The Balaban J connectivity index is 1.31. The molecule has 2 aromatic rings. The molecule has 2 aromatic carbocycles. The van der Waals surface area contributed by atoms with Crippen molar-refractivity contribution in [1.29, 1.82) is 0 Å². The molecular formula is C23H22N2O5. The van der Waals surface area contributed by atoms with Gasteiger partial charge in [0.1, 0.15) is 6.04 Å². The van der Waals surface area contributed by atoms with Crippen LogP contribution in [0.2, 0.25) is 0 Å². The Hall–Kier alpha value is -3.35. The van der Waals surface area contributed by atoms with E-state index in [0.29, 0.717) is 28.3 Å². The fourth-order valence-corrected chi connectivity index (χ4v) is 4.39. The van der Waals surface area contributed by atoms with Gasteiger partial charge in [0, 0.05) is 24.6 Å². The van der Waals surface area contributed by atoms with Crippen LogP contribution in [0.1, 0.15) is 59.7 Å². The van der Waals surface area contributed by atoms with Crippen LogP contribution < -0.4 is 14.8 Å². The van der Waals surface area contributed by atoms with Crippen LogP contribution in [0, 0.1) is 0 Å². The summed E-state index contributed by atoms with van der Waals surface area (Å²) in [5.74, 6) is -0.676. The first-order valence-electron chi connectivity index (χ1n) is 10.3. The van der Waals surface area contributed by atoms with Gasteiger partial charge < -0.3 is 14.8 Å². The van der Waals surface area contributed by atoms with Gasteiger partial charge in [-0.05, 0) is 44.0 Å². The Morgan fingerprint density at radius 3 is 2.27 bits per heavy atom. The van der Waals surface area contributed by atoms with Gasteiger partial charge >= 0.3 is 0 Å². The van der Waals surface area contributed by atoms with Crippen molar-refractivity contribution in [2.24, 2.45) is 0 Å². The first-order valence-corrected chi connectivity index (χ1v) is 10.3. The highest BCUT2D eigenvalue weighted by Crippen LogP contribution is 2.46. The van der Waals surface area contributed by atoms with Crippen molar-refractivity contribution >= 4 is 23.4 Å².